The molecule has 0 amide bonds. The van der Waals surface area contributed by atoms with Crippen LogP contribution in [0.25, 0.3) is 0 Å². The number of ether oxygens (including phenoxy) is 1. The molecule has 0 aromatic rings. The van der Waals surface area contributed by atoms with Gasteiger partial charge in [0.15, 0.2) is 0 Å². The van der Waals surface area contributed by atoms with E-state index in [2.05, 4.69) is 13.3 Å². The molecule has 0 saturated carbocycles. The third-order valence-electron chi connectivity index (χ3n) is 4.22. The van der Waals surface area contributed by atoms with Gasteiger partial charge < -0.3 is 4.74 Å². The van der Waals surface area contributed by atoms with Gasteiger partial charge in [-0.3, -0.25) is 0 Å². The van der Waals surface area contributed by atoms with Crippen molar-refractivity contribution in [2.45, 2.75) is 103 Å². The normalized spacial score (nSPS) is 18.5. The van der Waals surface area contributed by atoms with Crippen LogP contribution >= 0.6 is 0 Å². The van der Waals surface area contributed by atoms with Crippen molar-refractivity contribution in [3.05, 3.63) is 6.42 Å². The molecular formula is C18H35O. The largest absolute Gasteiger partial charge is 0.378 e. The monoisotopic (exact) mass is 267 g/mol. The molecule has 1 radical (unpaired) electrons. The third kappa shape index (κ3) is 10.4. The molecule has 0 aliphatic carbocycles. The Labute approximate surface area is 121 Å². The summed E-state index contributed by atoms with van der Waals surface area (Å²) in [5.41, 5.74) is 0. The SMILES string of the molecule is CCCCCCCCCCCCCC[CH]C1CCO1. The van der Waals surface area contributed by atoms with E-state index in [0.717, 1.165) is 6.61 Å². The fraction of sp³-hybridized carbons (Fsp3) is 0.944. The summed E-state index contributed by atoms with van der Waals surface area (Å²) in [5.74, 6) is 0. The van der Waals surface area contributed by atoms with Crippen LogP contribution < -0.4 is 0 Å². The number of hydrogen-bond acceptors (Lipinski definition) is 1. The molecule has 1 nitrogen and oxygen atoms in total. The molecule has 0 N–H and O–H groups in total. The highest BCUT2D eigenvalue weighted by molar-refractivity contribution is 4.81. The van der Waals surface area contributed by atoms with E-state index in [4.69, 9.17) is 4.74 Å². The van der Waals surface area contributed by atoms with Gasteiger partial charge in [0.25, 0.3) is 0 Å². The van der Waals surface area contributed by atoms with Gasteiger partial charge >= 0.3 is 0 Å². The molecule has 0 bridgehead atoms. The highest BCUT2D eigenvalue weighted by Gasteiger charge is 2.16. The van der Waals surface area contributed by atoms with Crippen molar-refractivity contribution in [3.8, 4) is 0 Å². The standard InChI is InChI=1S/C18H35O/c1-2-3-4-5-6-7-8-9-10-11-12-13-14-15-18-16-17-19-18/h15,18H,2-14,16-17H2,1H3. The fourth-order valence-corrected chi connectivity index (χ4v) is 2.73. The highest BCUT2D eigenvalue weighted by Crippen LogP contribution is 2.18. The summed E-state index contributed by atoms with van der Waals surface area (Å²) in [5, 5.41) is 0. The first-order valence-corrected chi connectivity index (χ1v) is 8.88. The molecule has 1 fully saturated rings. The van der Waals surface area contributed by atoms with Crippen molar-refractivity contribution in [1.82, 2.24) is 0 Å². The van der Waals surface area contributed by atoms with Gasteiger partial charge in [-0.1, -0.05) is 84.0 Å². The average molecular weight is 267 g/mol. The van der Waals surface area contributed by atoms with Crippen LogP contribution in [0.2, 0.25) is 0 Å². The lowest BCUT2D eigenvalue weighted by atomic mass is 10.0. The van der Waals surface area contributed by atoms with Crippen LogP contribution in [0.3, 0.4) is 0 Å². The van der Waals surface area contributed by atoms with E-state index in [0.29, 0.717) is 6.10 Å². The minimum atomic E-state index is 0.507. The van der Waals surface area contributed by atoms with Gasteiger partial charge in [0.2, 0.25) is 0 Å². The number of hydrogen-bond donors (Lipinski definition) is 0. The predicted molar refractivity (Wildman–Crippen MR) is 84.4 cm³/mol. The number of unbranched alkanes of at least 4 members (excludes halogenated alkanes) is 12. The minimum Gasteiger partial charge on any atom is -0.378 e. The second-order valence-electron chi connectivity index (χ2n) is 6.11. The van der Waals surface area contributed by atoms with Crippen LogP contribution in [0.5, 0.6) is 0 Å². The summed E-state index contributed by atoms with van der Waals surface area (Å²) in [6.45, 7) is 3.27. The van der Waals surface area contributed by atoms with E-state index in [-0.39, 0.29) is 0 Å². The molecule has 1 aliphatic rings. The van der Waals surface area contributed by atoms with E-state index in [1.807, 2.05) is 0 Å². The Morgan fingerprint density at radius 3 is 1.68 bits per heavy atom. The van der Waals surface area contributed by atoms with Crippen molar-refractivity contribution in [2.75, 3.05) is 6.61 Å². The zero-order valence-electron chi connectivity index (χ0n) is 13.2. The molecule has 1 atom stereocenters. The van der Waals surface area contributed by atoms with Gasteiger partial charge in [-0.2, -0.15) is 0 Å². The van der Waals surface area contributed by atoms with Crippen LogP contribution in [0, 0.1) is 6.42 Å². The third-order valence-corrected chi connectivity index (χ3v) is 4.22. The predicted octanol–water partition coefficient (Wildman–Crippen LogP) is 6.07. The Kier molecular flexibility index (Phi) is 11.6. The van der Waals surface area contributed by atoms with Gasteiger partial charge in [0.1, 0.15) is 0 Å². The number of rotatable bonds is 14. The van der Waals surface area contributed by atoms with Crippen LogP contribution in [0.15, 0.2) is 0 Å². The smallest absolute Gasteiger partial charge is 0.0628 e. The van der Waals surface area contributed by atoms with Gasteiger partial charge in [-0.15, -0.1) is 0 Å². The van der Waals surface area contributed by atoms with Crippen molar-refractivity contribution >= 4 is 0 Å². The molecule has 113 valence electrons. The lowest BCUT2D eigenvalue weighted by Gasteiger charge is -2.25. The maximum Gasteiger partial charge on any atom is 0.0628 e. The van der Waals surface area contributed by atoms with Crippen LogP contribution in [0.4, 0.5) is 0 Å². The first-order chi connectivity index (χ1) is 9.43. The second-order valence-corrected chi connectivity index (χ2v) is 6.11. The maximum atomic E-state index is 5.38. The van der Waals surface area contributed by atoms with Crippen LogP contribution in [-0.4, -0.2) is 12.7 Å². The van der Waals surface area contributed by atoms with Crippen molar-refractivity contribution < 1.29 is 4.74 Å². The summed E-state index contributed by atoms with van der Waals surface area (Å²) in [4.78, 5) is 0. The van der Waals surface area contributed by atoms with Crippen LogP contribution in [-0.2, 0) is 4.74 Å². The van der Waals surface area contributed by atoms with Crippen LogP contribution in [0.1, 0.15) is 96.8 Å². The van der Waals surface area contributed by atoms with E-state index in [9.17, 15) is 0 Å². The minimum absolute atomic E-state index is 0.507. The topological polar surface area (TPSA) is 9.23 Å². The van der Waals surface area contributed by atoms with E-state index in [1.54, 1.807) is 0 Å². The Hall–Kier alpha value is -0.0400. The van der Waals surface area contributed by atoms with Gasteiger partial charge in [-0.05, 0) is 19.3 Å². The van der Waals surface area contributed by atoms with Crippen molar-refractivity contribution in [2.24, 2.45) is 0 Å². The first-order valence-electron chi connectivity index (χ1n) is 8.88. The Morgan fingerprint density at radius 1 is 0.789 bits per heavy atom. The molecule has 1 unspecified atom stereocenters. The zero-order chi connectivity index (χ0) is 13.6. The Balaban J connectivity index is 1.62. The van der Waals surface area contributed by atoms with E-state index in [1.165, 1.54) is 89.9 Å². The molecule has 1 rings (SSSR count). The quantitative estimate of drug-likeness (QED) is 0.347. The fourth-order valence-electron chi connectivity index (χ4n) is 2.73. The summed E-state index contributed by atoms with van der Waals surface area (Å²) in [6, 6.07) is 0. The molecule has 0 aromatic carbocycles. The Bertz CT molecular complexity index is 175. The molecule has 0 aromatic heterocycles. The summed E-state index contributed by atoms with van der Waals surface area (Å²) in [7, 11) is 0. The first kappa shape index (κ1) is 17.0. The van der Waals surface area contributed by atoms with Gasteiger partial charge in [0.05, 0.1) is 6.10 Å². The highest BCUT2D eigenvalue weighted by atomic mass is 16.5. The summed E-state index contributed by atoms with van der Waals surface area (Å²) in [6.07, 6.45) is 22.7. The summed E-state index contributed by atoms with van der Waals surface area (Å²) < 4.78 is 5.38. The van der Waals surface area contributed by atoms with E-state index >= 15 is 0 Å². The van der Waals surface area contributed by atoms with Crippen molar-refractivity contribution in [1.29, 1.82) is 0 Å². The van der Waals surface area contributed by atoms with Gasteiger partial charge in [0, 0.05) is 6.61 Å². The maximum absolute atomic E-state index is 5.38. The molecule has 19 heavy (non-hydrogen) atoms. The average Bonchev–Trinajstić information content (AvgIpc) is 2.37. The Morgan fingerprint density at radius 2 is 1.26 bits per heavy atom. The molecule has 0 spiro atoms. The second kappa shape index (κ2) is 13.0. The molecule has 1 heterocycles. The lowest BCUT2D eigenvalue weighted by molar-refractivity contribution is -0.0306. The van der Waals surface area contributed by atoms with Crippen molar-refractivity contribution in [3.63, 3.8) is 0 Å². The lowest BCUT2D eigenvalue weighted by Crippen LogP contribution is -2.26. The molecule has 1 saturated heterocycles. The summed E-state index contributed by atoms with van der Waals surface area (Å²) >= 11 is 0. The molecular weight excluding hydrogens is 232 g/mol. The molecule has 1 heteroatoms. The molecule has 1 aliphatic heterocycles. The zero-order valence-corrected chi connectivity index (χ0v) is 13.2. The van der Waals surface area contributed by atoms with Gasteiger partial charge in [-0.25, -0.2) is 0 Å². The van der Waals surface area contributed by atoms with E-state index < -0.39 is 0 Å².